The van der Waals surface area contributed by atoms with E-state index in [0.717, 1.165) is 11.1 Å². The Kier molecular flexibility index (Phi) is 6.68. The van der Waals surface area contributed by atoms with E-state index in [1.807, 2.05) is 37.3 Å². The minimum atomic E-state index is -0.563. The number of ether oxygens (including phenoxy) is 1. The second-order valence-corrected chi connectivity index (χ2v) is 8.44. The van der Waals surface area contributed by atoms with Crippen LogP contribution in [0.25, 0.3) is 0 Å². The normalized spacial score (nSPS) is 15.5. The zero-order valence-corrected chi connectivity index (χ0v) is 19.0. The fourth-order valence-electron chi connectivity index (χ4n) is 3.63. The topological polar surface area (TPSA) is 58.6 Å². The van der Waals surface area contributed by atoms with Gasteiger partial charge in [-0.3, -0.25) is 9.59 Å². The summed E-state index contributed by atoms with van der Waals surface area (Å²) in [5.74, 6) is 0.269. The fraction of sp³-hybridized carbons (Fsp3) is 0.200. The minimum Gasteiger partial charge on any atom is -0.480 e. The zero-order valence-electron chi connectivity index (χ0n) is 17.5. The third-order valence-corrected chi connectivity index (χ3v) is 5.89. The Balaban J connectivity index is 1.59. The van der Waals surface area contributed by atoms with Gasteiger partial charge in [0.25, 0.3) is 11.8 Å². The molecule has 3 aromatic rings. The summed E-state index contributed by atoms with van der Waals surface area (Å²) in [7, 11) is 0. The molecule has 5 nitrogen and oxygen atoms in total. The van der Waals surface area contributed by atoms with Crippen LogP contribution in [0.4, 0.5) is 5.69 Å². The molecule has 4 rings (SSSR count). The number of halogens is 2. The van der Waals surface area contributed by atoms with Crippen LogP contribution in [0, 0.1) is 0 Å². The molecule has 1 atom stereocenters. The van der Waals surface area contributed by atoms with Crippen LogP contribution >= 0.6 is 23.2 Å². The number of hydrogen-bond donors (Lipinski definition) is 1. The summed E-state index contributed by atoms with van der Waals surface area (Å²) in [6.07, 6.45) is -0.00692. The van der Waals surface area contributed by atoms with E-state index >= 15 is 0 Å². The standard InChI is InChI=1S/C25H22Cl2N2O3/c1-2-22-25(31)29(14-16-7-9-18(26)10-8-16)15-17-13-19(11-12-23(17)32-22)28-24(30)20-5-3-4-6-21(20)27/h3-13,22H,2,14-15H2,1H3,(H,28,30). The van der Waals surface area contributed by atoms with Crippen molar-refractivity contribution >= 4 is 40.7 Å². The Hall–Kier alpha value is -3.02. The van der Waals surface area contributed by atoms with E-state index < -0.39 is 6.10 Å². The number of anilines is 1. The number of nitrogens with zero attached hydrogens (tertiary/aromatic N) is 1. The average molecular weight is 469 g/mol. The molecule has 0 saturated heterocycles. The largest absolute Gasteiger partial charge is 0.480 e. The molecule has 32 heavy (non-hydrogen) atoms. The molecule has 2 amide bonds. The van der Waals surface area contributed by atoms with Gasteiger partial charge in [-0.05, 0) is 54.4 Å². The number of carbonyl (C=O) groups is 2. The summed E-state index contributed by atoms with van der Waals surface area (Å²) in [4.78, 5) is 27.5. The van der Waals surface area contributed by atoms with Crippen molar-refractivity contribution in [2.45, 2.75) is 32.5 Å². The molecular formula is C25H22Cl2N2O3. The Morgan fingerprint density at radius 2 is 1.84 bits per heavy atom. The zero-order chi connectivity index (χ0) is 22.7. The lowest BCUT2D eigenvalue weighted by atomic mass is 10.1. The number of rotatable bonds is 5. The van der Waals surface area contributed by atoms with E-state index in [1.54, 1.807) is 41.3 Å². The highest BCUT2D eigenvalue weighted by Crippen LogP contribution is 2.30. The van der Waals surface area contributed by atoms with Gasteiger partial charge in [-0.15, -0.1) is 0 Å². The SMILES string of the molecule is CCC1Oc2ccc(NC(=O)c3ccccc3Cl)cc2CN(Cc2ccc(Cl)cc2)C1=O. The number of hydrogen-bond acceptors (Lipinski definition) is 3. The average Bonchev–Trinajstić information content (AvgIpc) is 2.91. The third kappa shape index (κ3) is 4.90. The van der Waals surface area contributed by atoms with Gasteiger partial charge in [0.05, 0.1) is 10.6 Å². The van der Waals surface area contributed by atoms with Crippen molar-refractivity contribution in [3.05, 3.63) is 93.5 Å². The van der Waals surface area contributed by atoms with Crippen molar-refractivity contribution in [1.29, 1.82) is 0 Å². The molecule has 1 aliphatic heterocycles. The van der Waals surface area contributed by atoms with Crippen LogP contribution in [0.15, 0.2) is 66.7 Å². The number of amides is 2. The summed E-state index contributed by atoms with van der Waals surface area (Å²) in [6.45, 7) is 2.72. The van der Waals surface area contributed by atoms with E-state index in [4.69, 9.17) is 27.9 Å². The number of benzene rings is 3. The van der Waals surface area contributed by atoms with Crippen LogP contribution < -0.4 is 10.1 Å². The van der Waals surface area contributed by atoms with Crippen LogP contribution in [0.5, 0.6) is 5.75 Å². The van der Waals surface area contributed by atoms with Gasteiger partial charge in [0.15, 0.2) is 6.10 Å². The van der Waals surface area contributed by atoms with Gasteiger partial charge in [0.2, 0.25) is 0 Å². The molecule has 1 heterocycles. The van der Waals surface area contributed by atoms with Crippen LogP contribution in [0.2, 0.25) is 10.0 Å². The lowest BCUT2D eigenvalue weighted by Crippen LogP contribution is -2.38. The second kappa shape index (κ2) is 9.63. The first-order valence-electron chi connectivity index (χ1n) is 10.3. The molecule has 0 aliphatic carbocycles. The summed E-state index contributed by atoms with van der Waals surface area (Å²) in [5.41, 5.74) is 2.79. The summed E-state index contributed by atoms with van der Waals surface area (Å²) in [5, 5.41) is 3.91. The highest BCUT2D eigenvalue weighted by Gasteiger charge is 2.30. The molecule has 3 aromatic carbocycles. The van der Waals surface area contributed by atoms with E-state index in [1.165, 1.54) is 0 Å². The number of carbonyl (C=O) groups excluding carboxylic acids is 2. The number of fused-ring (bicyclic) bond motifs is 1. The van der Waals surface area contributed by atoms with Crippen LogP contribution in [-0.4, -0.2) is 22.8 Å². The van der Waals surface area contributed by atoms with Crippen LogP contribution in [0.1, 0.15) is 34.8 Å². The van der Waals surface area contributed by atoms with Gasteiger partial charge in [-0.1, -0.05) is 54.4 Å². The molecule has 0 spiro atoms. The molecule has 0 aromatic heterocycles. The highest BCUT2D eigenvalue weighted by molar-refractivity contribution is 6.34. The Bertz CT molecular complexity index is 1150. The van der Waals surface area contributed by atoms with Crippen molar-refractivity contribution in [1.82, 2.24) is 4.90 Å². The summed E-state index contributed by atoms with van der Waals surface area (Å²) < 4.78 is 6.02. The van der Waals surface area contributed by atoms with Gasteiger partial charge >= 0.3 is 0 Å². The lowest BCUT2D eigenvalue weighted by molar-refractivity contribution is -0.139. The van der Waals surface area contributed by atoms with Gasteiger partial charge in [-0.25, -0.2) is 0 Å². The molecular weight excluding hydrogens is 447 g/mol. The first kappa shape index (κ1) is 22.2. The molecule has 0 fully saturated rings. The molecule has 7 heteroatoms. The summed E-state index contributed by atoms with van der Waals surface area (Å²) in [6, 6.07) is 19.7. The van der Waals surface area contributed by atoms with Crippen molar-refractivity contribution < 1.29 is 14.3 Å². The predicted octanol–water partition coefficient (Wildman–Crippen LogP) is 5.95. The quantitative estimate of drug-likeness (QED) is 0.503. The molecule has 1 unspecified atom stereocenters. The van der Waals surface area contributed by atoms with Crippen molar-refractivity contribution in [2.24, 2.45) is 0 Å². The first-order chi connectivity index (χ1) is 15.4. The summed E-state index contributed by atoms with van der Waals surface area (Å²) >= 11 is 12.1. The third-order valence-electron chi connectivity index (χ3n) is 5.31. The van der Waals surface area contributed by atoms with Gasteiger partial charge < -0.3 is 15.0 Å². The van der Waals surface area contributed by atoms with E-state index in [9.17, 15) is 9.59 Å². The monoisotopic (exact) mass is 468 g/mol. The predicted molar refractivity (Wildman–Crippen MR) is 126 cm³/mol. The maximum absolute atomic E-state index is 13.1. The van der Waals surface area contributed by atoms with E-state index in [2.05, 4.69) is 5.32 Å². The lowest BCUT2D eigenvalue weighted by Gasteiger charge is -2.23. The molecule has 0 radical (unpaired) electrons. The molecule has 164 valence electrons. The maximum Gasteiger partial charge on any atom is 0.264 e. The van der Waals surface area contributed by atoms with Crippen molar-refractivity contribution in [3.63, 3.8) is 0 Å². The smallest absolute Gasteiger partial charge is 0.264 e. The van der Waals surface area contributed by atoms with Crippen LogP contribution in [0.3, 0.4) is 0 Å². The Labute approximate surface area is 196 Å². The van der Waals surface area contributed by atoms with Gasteiger partial charge in [-0.2, -0.15) is 0 Å². The fourth-order valence-corrected chi connectivity index (χ4v) is 3.98. The van der Waals surface area contributed by atoms with Gasteiger partial charge in [0, 0.05) is 29.4 Å². The van der Waals surface area contributed by atoms with Crippen molar-refractivity contribution in [2.75, 3.05) is 5.32 Å². The van der Waals surface area contributed by atoms with E-state index in [-0.39, 0.29) is 11.8 Å². The number of nitrogens with one attached hydrogen (secondary N) is 1. The molecule has 0 bridgehead atoms. The van der Waals surface area contributed by atoms with Gasteiger partial charge in [0.1, 0.15) is 5.75 Å². The second-order valence-electron chi connectivity index (χ2n) is 7.59. The minimum absolute atomic E-state index is 0.0692. The van der Waals surface area contributed by atoms with E-state index in [0.29, 0.717) is 46.6 Å². The van der Waals surface area contributed by atoms with Crippen LogP contribution in [-0.2, 0) is 17.9 Å². The molecule has 1 aliphatic rings. The Morgan fingerprint density at radius 1 is 1.09 bits per heavy atom. The highest BCUT2D eigenvalue weighted by atomic mass is 35.5. The molecule has 0 saturated carbocycles. The Morgan fingerprint density at radius 3 is 2.56 bits per heavy atom. The molecule has 1 N–H and O–H groups in total. The first-order valence-corrected chi connectivity index (χ1v) is 11.1. The van der Waals surface area contributed by atoms with Crippen molar-refractivity contribution in [3.8, 4) is 5.75 Å². The maximum atomic E-state index is 13.1.